The van der Waals surface area contributed by atoms with Crippen LogP contribution in [0.3, 0.4) is 0 Å². The molecule has 0 saturated carbocycles. The number of likely N-dealkylation sites (N-methyl/N-ethyl adjacent to an activating group) is 3. The molecule has 4 rings (SSSR count). The first-order valence-corrected chi connectivity index (χ1v) is 13.0. The van der Waals surface area contributed by atoms with E-state index in [2.05, 4.69) is 16.7 Å². The summed E-state index contributed by atoms with van der Waals surface area (Å²) >= 11 is 0. The number of hydrogen-bond donors (Lipinski definition) is 2. The molecule has 38 heavy (non-hydrogen) atoms. The maximum Gasteiger partial charge on any atom is 0.246 e. The Kier molecular flexibility index (Phi) is 8.92. The van der Waals surface area contributed by atoms with Crippen molar-refractivity contribution in [1.82, 2.24) is 20.4 Å². The van der Waals surface area contributed by atoms with Gasteiger partial charge in [-0.2, -0.15) is 0 Å². The third-order valence-corrected chi connectivity index (χ3v) is 7.30. The molecular formula is C31H36N4O3. The fourth-order valence-corrected chi connectivity index (χ4v) is 4.71. The van der Waals surface area contributed by atoms with Gasteiger partial charge in [0.2, 0.25) is 17.7 Å². The number of benzene rings is 3. The molecule has 2 unspecified atom stereocenters. The van der Waals surface area contributed by atoms with Gasteiger partial charge in [0, 0.05) is 53.0 Å². The predicted molar refractivity (Wildman–Crippen MR) is 150 cm³/mol. The number of fused-ring (bicyclic) bond motifs is 1. The van der Waals surface area contributed by atoms with Crippen LogP contribution in [0, 0.1) is 5.92 Å². The normalized spacial score (nSPS) is 15.0. The van der Waals surface area contributed by atoms with E-state index in [0.29, 0.717) is 18.8 Å². The second-order valence-electron chi connectivity index (χ2n) is 9.90. The van der Waals surface area contributed by atoms with Crippen molar-refractivity contribution in [2.24, 2.45) is 5.92 Å². The van der Waals surface area contributed by atoms with Gasteiger partial charge in [0.1, 0.15) is 12.1 Å². The van der Waals surface area contributed by atoms with Crippen molar-refractivity contribution in [3.63, 3.8) is 0 Å². The molecule has 198 valence electrons. The average Bonchev–Trinajstić information content (AvgIpc) is 2.92. The summed E-state index contributed by atoms with van der Waals surface area (Å²) in [5.74, 6) is -0.435. The van der Waals surface area contributed by atoms with Crippen LogP contribution in [0.25, 0.3) is 10.8 Å². The first-order chi connectivity index (χ1) is 18.4. The molecule has 1 fully saturated rings. The highest BCUT2D eigenvalue weighted by molar-refractivity contribution is 5.95. The Labute approximate surface area is 224 Å². The van der Waals surface area contributed by atoms with Gasteiger partial charge in [-0.1, -0.05) is 78.9 Å². The molecule has 1 aliphatic heterocycles. The lowest BCUT2D eigenvalue weighted by atomic mass is 9.98. The molecule has 3 aromatic carbocycles. The van der Waals surface area contributed by atoms with Gasteiger partial charge in [-0.05, 0) is 28.0 Å². The van der Waals surface area contributed by atoms with Crippen LogP contribution in [0.15, 0.2) is 84.9 Å². The van der Waals surface area contributed by atoms with Gasteiger partial charge in [-0.3, -0.25) is 14.4 Å². The van der Waals surface area contributed by atoms with E-state index < -0.39 is 12.1 Å². The van der Waals surface area contributed by atoms with Gasteiger partial charge in [-0.25, -0.2) is 0 Å². The van der Waals surface area contributed by atoms with Crippen molar-refractivity contribution in [3.05, 3.63) is 96.1 Å². The van der Waals surface area contributed by atoms with Crippen LogP contribution in [0.2, 0.25) is 0 Å². The lowest BCUT2D eigenvalue weighted by Crippen LogP contribution is -2.55. The molecule has 0 radical (unpaired) electrons. The highest BCUT2D eigenvalue weighted by Crippen LogP contribution is 2.20. The van der Waals surface area contributed by atoms with Crippen molar-refractivity contribution < 1.29 is 14.4 Å². The minimum Gasteiger partial charge on any atom is -0.357 e. The lowest BCUT2D eigenvalue weighted by Gasteiger charge is -2.34. The predicted octanol–water partition coefficient (Wildman–Crippen LogP) is 2.80. The molecule has 2 N–H and O–H groups in total. The monoisotopic (exact) mass is 512 g/mol. The van der Waals surface area contributed by atoms with Crippen molar-refractivity contribution in [1.29, 1.82) is 0 Å². The number of carbonyl (C=O) groups is 3. The van der Waals surface area contributed by atoms with E-state index in [4.69, 9.17) is 0 Å². The van der Waals surface area contributed by atoms with Crippen LogP contribution in [-0.2, 0) is 27.2 Å². The zero-order chi connectivity index (χ0) is 27.1. The first-order valence-electron chi connectivity index (χ1n) is 13.0. The second kappa shape index (κ2) is 12.5. The third kappa shape index (κ3) is 6.47. The second-order valence-corrected chi connectivity index (χ2v) is 9.90. The molecule has 0 bridgehead atoms. The van der Waals surface area contributed by atoms with Gasteiger partial charge in [0.25, 0.3) is 0 Å². The number of amides is 3. The summed E-state index contributed by atoms with van der Waals surface area (Å²) in [7, 11) is 4.88. The molecule has 7 heteroatoms. The van der Waals surface area contributed by atoms with E-state index >= 15 is 0 Å². The van der Waals surface area contributed by atoms with E-state index in [9.17, 15) is 14.4 Å². The molecule has 3 amide bonds. The zero-order valence-electron chi connectivity index (χ0n) is 22.3. The number of nitrogens with one attached hydrogen (secondary N) is 2. The highest BCUT2D eigenvalue weighted by Gasteiger charge is 2.34. The van der Waals surface area contributed by atoms with Crippen LogP contribution in [0.1, 0.15) is 11.1 Å². The Balaban J connectivity index is 1.62. The average molecular weight is 513 g/mol. The summed E-state index contributed by atoms with van der Waals surface area (Å²) in [5.41, 5.74) is 1.90. The lowest BCUT2D eigenvalue weighted by molar-refractivity contribution is -0.146. The maximum absolute atomic E-state index is 14.0. The molecule has 1 heterocycles. The molecular weight excluding hydrogens is 476 g/mol. The van der Waals surface area contributed by atoms with Crippen molar-refractivity contribution in [2.75, 3.05) is 34.2 Å². The van der Waals surface area contributed by atoms with Crippen molar-refractivity contribution in [3.8, 4) is 0 Å². The number of hydrogen-bond acceptors (Lipinski definition) is 4. The summed E-state index contributed by atoms with van der Waals surface area (Å²) < 4.78 is 0. The van der Waals surface area contributed by atoms with Crippen LogP contribution in [0.5, 0.6) is 0 Å². The standard InChI is InChI=1S/C31H36N4O3/c1-32-30(37)27(18-22-9-5-4-6-10-22)35(3)31(38)28(34(2)29(36)16-14-24-20-33-21-24)19-23-13-15-25-11-7-8-12-26(25)17-23/h4-17,24,27-28,33H,18-21H2,1-3H3,(H,32,37)/b16-14+. The summed E-state index contributed by atoms with van der Waals surface area (Å²) in [6.45, 7) is 1.70. The zero-order valence-corrected chi connectivity index (χ0v) is 22.3. The van der Waals surface area contributed by atoms with E-state index in [1.54, 1.807) is 27.2 Å². The molecule has 1 saturated heterocycles. The molecule has 0 aromatic heterocycles. The van der Waals surface area contributed by atoms with Gasteiger partial charge >= 0.3 is 0 Å². The molecule has 0 aliphatic carbocycles. The smallest absolute Gasteiger partial charge is 0.246 e. The molecule has 0 spiro atoms. The Morgan fingerprint density at radius 3 is 2.18 bits per heavy atom. The maximum atomic E-state index is 14.0. The number of rotatable bonds is 10. The van der Waals surface area contributed by atoms with Gasteiger partial charge in [0.15, 0.2) is 0 Å². The third-order valence-electron chi connectivity index (χ3n) is 7.30. The molecule has 2 atom stereocenters. The first kappa shape index (κ1) is 27.1. The summed E-state index contributed by atoms with van der Waals surface area (Å²) in [4.78, 5) is 43.1. The summed E-state index contributed by atoms with van der Waals surface area (Å²) in [6, 6.07) is 22.3. The van der Waals surface area contributed by atoms with Crippen molar-refractivity contribution >= 4 is 28.5 Å². The molecule has 3 aromatic rings. The fraction of sp³-hybridized carbons (Fsp3) is 0.323. The van der Waals surface area contributed by atoms with Crippen LogP contribution >= 0.6 is 0 Å². The van der Waals surface area contributed by atoms with E-state index in [1.807, 2.05) is 72.8 Å². The topological polar surface area (TPSA) is 81.8 Å². The van der Waals surface area contributed by atoms with Crippen molar-refractivity contribution in [2.45, 2.75) is 24.9 Å². The van der Waals surface area contributed by atoms with Gasteiger partial charge in [-0.15, -0.1) is 0 Å². The number of carbonyl (C=O) groups excluding carboxylic acids is 3. The fourth-order valence-electron chi connectivity index (χ4n) is 4.71. The Morgan fingerprint density at radius 1 is 0.868 bits per heavy atom. The summed E-state index contributed by atoms with van der Waals surface area (Å²) in [6.07, 6.45) is 4.17. The van der Waals surface area contributed by atoms with E-state index in [0.717, 1.165) is 35.0 Å². The van der Waals surface area contributed by atoms with Crippen LogP contribution < -0.4 is 10.6 Å². The Hall–Kier alpha value is -3.97. The quantitative estimate of drug-likeness (QED) is 0.410. The largest absolute Gasteiger partial charge is 0.357 e. The SMILES string of the molecule is CNC(=O)C(Cc1ccccc1)N(C)C(=O)C(Cc1ccc2ccccc2c1)N(C)C(=O)/C=C/C1CNC1. The highest BCUT2D eigenvalue weighted by atomic mass is 16.2. The molecule has 1 aliphatic rings. The van der Waals surface area contributed by atoms with E-state index in [1.165, 1.54) is 9.80 Å². The van der Waals surface area contributed by atoms with E-state index in [-0.39, 0.29) is 17.7 Å². The molecule has 7 nitrogen and oxygen atoms in total. The Bertz CT molecular complexity index is 1300. The van der Waals surface area contributed by atoms with Crippen LogP contribution in [-0.4, -0.2) is 73.8 Å². The van der Waals surface area contributed by atoms with Gasteiger partial charge in [0.05, 0.1) is 0 Å². The van der Waals surface area contributed by atoms with Gasteiger partial charge < -0.3 is 20.4 Å². The Morgan fingerprint density at radius 2 is 1.53 bits per heavy atom. The van der Waals surface area contributed by atoms with Crippen LogP contribution in [0.4, 0.5) is 0 Å². The minimum absolute atomic E-state index is 0.232. The summed E-state index contributed by atoms with van der Waals surface area (Å²) in [5, 5.41) is 8.07. The number of nitrogens with zero attached hydrogens (tertiary/aromatic N) is 2. The minimum atomic E-state index is -0.777.